The number of likely N-dealkylation sites (tertiary alicyclic amines) is 2. The van der Waals surface area contributed by atoms with E-state index >= 15 is 0 Å². The summed E-state index contributed by atoms with van der Waals surface area (Å²) in [5.41, 5.74) is 1.05. The minimum absolute atomic E-state index is 0.164. The Bertz CT molecular complexity index is 632. The topological polar surface area (TPSA) is 67.8 Å². The van der Waals surface area contributed by atoms with E-state index in [1.54, 1.807) is 13.3 Å². The molecule has 0 N–H and O–H groups in total. The van der Waals surface area contributed by atoms with Gasteiger partial charge in [-0.2, -0.15) is 0 Å². The highest BCUT2D eigenvalue weighted by atomic mass is 16.6. The lowest BCUT2D eigenvalue weighted by molar-refractivity contribution is 0.105. The lowest BCUT2D eigenvalue weighted by atomic mass is 9.91. The SMILES string of the molecule is CCOC(=O)N1CCCC(N2CCC(c3nc(C)ncc3OC)CC2)CC1. The Hall–Kier alpha value is -1.89. The van der Waals surface area contributed by atoms with E-state index in [-0.39, 0.29) is 6.09 Å². The van der Waals surface area contributed by atoms with Crippen molar-refractivity contribution < 1.29 is 14.3 Å². The van der Waals surface area contributed by atoms with Gasteiger partial charge in [0.2, 0.25) is 0 Å². The lowest BCUT2D eigenvalue weighted by Gasteiger charge is -2.37. The summed E-state index contributed by atoms with van der Waals surface area (Å²) in [5.74, 6) is 2.04. The second-order valence-electron chi connectivity index (χ2n) is 7.45. The number of nitrogens with zero attached hydrogens (tertiary/aromatic N) is 4. The summed E-state index contributed by atoms with van der Waals surface area (Å²) in [6.07, 6.45) is 7.02. The molecule has 3 heterocycles. The Labute approximate surface area is 162 Å². The van der Waals surface area contributed by atoms with Crippen LogP contribution in [0.3, 0.4) is 0 Å². The smallest absolute Gasteiger partial charge is 0.409 e. The largest absolute Gasteiger partial charge is 0.493 e. The first-order chi connectivity index (χ1) is 13.1. The number of methoxy groups -OCH3 is 1. The van der Waals surface area contributed by atoms with Crippen LogP contribution in [0.1, 0.15) is 56.5 Å². The highest BCUT2D eigenvalue weighted by Crippen LogP contribution is 2.34. The van der Waals surface area contributed by atoms with Gasteiger partial charge in [-0.05, 0) is 59.0 Å². The molecule has 2 saturated heterocycles. The van der Waals surface area contributed by atoms with Crippen molar-refractivity contribution in [3.05, 3.63) is 17.7 Å². The second-order valence-corrected chi connectivity index (χ2v) is 7.45. The molecule has 0 saturated carbocycles. The minimum atomic E-state index is -0.164. The Morgan fingerprint density at radius 2 is 1.96 bits per heavy atom. The maximum absolute atomic E-state index is 12.0. The van der Waals surface area contributed by atoms with Crippen molar-refractivity contribution in [2.45, 2.75) is 57.9 Å². The van der Waals surface area contributed by atoms with Gasteiger partial charge in [0.1, 0.15) is 5.82 Å². The van der Waals surface area contributed by atoms with E-state index in [1.165, 1.54) is 0 Å². The summed E-state index contributed by atoms with van der Waals surface area (Å²) in [6.45, 7) is 7.97. The van der Waals surface area contributed by atoms with Crippen molar-refractivity contribution in [2.24, 2.45) is 0 Å². The zero-order valence-electron chi connectivity index (χ0n) is 16.8. The molecule has 1 aromatic heterocycles. The van der Waals surface area contributed by atoms with Crippen molar-refractivity contribution in [3.63, 3.8) is 0 Å². The molecule has 3 rings (SSSR count). The van der Waals surface area contributed by atoms with Gasteiger partial charge < -0.3 is 19.3 Å². The number of piperidine rings is 1. The van der Waals surface area contributed by atoms with E-state index in [1.807, 2.05) is 18.7 Å². The Morgan fingerprint density at radius 1 is 1.19 bits per heavy atom. The van der Waals surface area contributed by atoms with Crippen LogP contribution in [-0.4, -0.2) is 71.8 Å². The lowest BCUT2D eigenvalue weighted by Crippen LogP contribution is -2.42. The van der Waals surface area contributed by atoms with Crippen LogP contribution in [0.2, 0.25) is 0 Å². The van der Waals surface area contributed by atoms with E-state index in [0.717, 1.165) is 75.6 Å². The van der Waals surface area contributed by atoms with Crippen LogP contribution in [0.5, 0.6) is 5.75 Å². The molecule has 2 aliphatic rings. The first-order valence-corrected chi connectivity index (χ1v) is 10.2. The normalized spacial score (nSPS) is 22.3. The Kier molecular flexibility index (Phi) is 6.88. The third kappa shape index (κ3) is 4.89. The number of rotatable bonds is 4. The van der Waals surface area contributed by atoms with E-state index < -0.39 is 0 Å². The molecule has 7 heteroatoms. The molecule has 7 nitrogen and oxygen atoms in total. The fraction of sp³-hybridized carbons (Fsp3) is 0.750. The molecule has 27 heavy (non-hydrogen) atoms. The number of aromatic nitrogens is 2. The average Bonchev–Trinajstić information content (AvgIpc) is 2.95. The molecule has 0 spiro atoms. The molecule has 0 radical (unpaired) electrons. The fourth-order valence-electron chi connectivity index (χ4n) is 4.31. The van der Waals surface area contributed by atoms with Crippen LogP contribution in [0.4, 0.5) is 4.79 Å². The molecular weight excluding hydrogens is 344 g/mol. The monoisotopic (exact) mass is 376 g/mol. The maximum Gasteiger partial charge on any atom is 0.409 e. The predicted molar refractivity (Wildman–Crippen MR) is 103 cm³/mol. The number of ether oxygens (including phenoxy) is 2. The Balaban J connectivity index is 1.55. The highest BCUT2D eigenvalue weighted by Gasteiger charge is 2.30. The fourth-order valence-corrected chi connectivity index (χ4v) is 4.31. The van der Waals surface area contributed by atoms with Gasteiger partial charge in [-0.15, -0.1) is 0 Å². The number of carbonyl (C=O) groups excluding carboxylic acids is 1. The average molecular weight is 377 g/mol. The zero-order valence-corrected chi connectivity index (χ0v) is 16.8. The van der Waals surface area contributed by atoms with Crippen LogP contribution >= 0.6 is 0 Å². The molecule has 1 atom stereocenters. The van der Waals surface area contributed by atoms with E-state index in [0.29, 0.717) is 18.6 Å². The van der Waals surface area contributed by atoms with Gasteiger partial charge in [-0.25, -0.2) is 14.8 Å². The summed E-state index contributed by atoms with van der Waals surface area (Å²) in [4.78, 5) is 25.4. The first kappa shape index (κ1) is 19.9. The standard InChI is InChI=1S/C20H32N4O3/c1-4-27-20(25)24-10-5-6-17(9-13-24)23-11-7-16(8-12-23)19-18(26-3)14-21-15(2)22-19/h14,16-17H,4-13H2,1-3H3. The summed E-state index contributed by atoms with van der Waals surface area (Å²) >= 11 is 0. The van der Waals surface area contributed by atoms with Gasteiger partial charge in [0, 0.05) is 25.0 Å². The van der Waals surface area contributed by atoms with E-state index in [4.69, 9.17) is 9.47 Å². The van der Waals surface area contributed by atoms with Crippen molar-refractivity contribution >= 4 is 6.09 Å². The number of hydrogen-bond acceptors (Lipinski definition) is 6. The van der Waals surface area contributed by atoms with Gasteiger partial charge >= 0.3 is 6.09 Å². The molecular formula is C20H32N4O3. The quantitative estimate of drug-likeness (QED) is 0.805. The number of aryl methyl sites for hydroxylation is 1. The summed E-state index contributed by atoms with van der Waals surface area (Å²) in [5, 5.41) is 0. The van der Waals surface area contributed by atoms with Crippen LogP contribution in [-0.2, 0) is 4.74 Å². The predicted octanol–water partition coefficient (Wildman–Crippen LogP) is 2.98. The molecule has 0 bridgehead atoms. The van der Waals surface area contributed by atoms with Crippen molar-refractivity contribution in [3.8, 4) is 5.75 Å². The van der Waals surface area contributed by atoms with Crippen LogP contribution in [0.15, 0.2) is 6.20 Å². The van der Waals surface area contributed by atoms with Gasteiger partial charge in [0.15, 0.2) is 5.75 Å². The molecule has 1 unspecified atom stereocenters. The van der Waals surface area contributed by atoms with Crippen molar-refractivity contribution in [2.75, 3.05) is 39.9 Å². The maximum atomic E-state index is 12.0. The third-order valence-electron chi connectivity index (χ3n) is 5.78. The number of hydrogen-bond donors (Lipinski definition) is 0. The van der Waals surface area contributed by atoms with Gasteiger partial charge in [0.25, 0.3) is 0 Å². The van der Waals surface area contributed by atoms with E-state index in [2.05, 4.69) is 14.9 Å². The molecule has 0 aromatic carbocycles. The first-order valence-electron chi connectivity index (χ1n) is 10.2. The van der Waals surface area contributed by atoms with E-state index in [9.17, 15) is 4.79 Å². The molecule has 150 valence electrons. The molecule has 2 aliphatic heterocycles. The molecule has 0 aliphatic carbocycles. The van der Waals surface area contributed by atoms with Gasteiger partial charge in [-0.3, -0.25) is 0 Å². The highest BCUT2D eigenvalue weighted by molar-refractivity contribution is 5.67. The van der Waals surface area contributed by atoms with Gasteiger partial charge in [0.05, 0.1) is 25.6 Å². The summed E-state index contributed by atoms with van der Waals surface area (Å²) in [6, 6.07) is 0.555. The third-order valence-corrected chi connectivity index (χ3v) is 5.78. The summed E-state index contributed by atoms with van der Waals surface area (Å²) < 4.78 is 10.6. The molecule has 1 amide bonds. The summed E-state index contributed by atoms with van der Waals surface area (Å²) in [7, 11) is 1.69. The van der Waals surface area contributed by atoms with Gasteiger partial charge in [-0.1, -0.05) is 0 Å². The Morgan fingerprint density at radius 3 is 2.67 bits per heavy atom. The van der Waals surface area contributed by atoms with Crippen LogP contribution < -0.4 is 4.74 Å². The molecule has 2 fully saturated rings. The second kappa shape index (κ2) is 9.35. The van der Waals surface area contributed by atoms with Crippen LogP contribution in [0.25, 0.3) is 0 Å². The number of carbonyl (C=O) groups is 1. The molecule has 1 aromatic rings. The van der Waals surface area contributed by atoms with Crippen molar-refractivity contribution in [1.29, 1.82) is 0 Å². The minimum Gasteiger partial charge on any atom is -0.493 e. The number of amides is 1. The zero-order chi connectivity index (χ0) is 19.2. The van der Waals surface area contributed by atoms with Crippen LogP contribution in [0, 0.1) is 6.92 Å². The van der Waals surface area contributed by atoms with Crippen molar-refractivity contribution in [1.82, 2.24) is 19.8 Å².